The Hall–Kier alpha value is -2.12. The molecule has 0 saturated heterocycles. The van der Waals surface area contributed by atoms with E-state index in [9.17, 15) is 4.79 Å². The number of nitrogens with one attached hydrogen (secondary N) is 1. The topological polar surface area (TPSA) is 120 Å². The van der Waals surface area contributed by atoms with Crippen LogP contribution in [0.1, 0.15) is 18.7 Å². The van der Waals surface area contributed by atoms with Crippen LogP contribution in [-0.4, -0.2) is 44.1 Å². The molecule has 1 amide bonds. The molecule has 0 unspecified atom stereocenters. The zero-order valence-electron chi connectivity index (χ0n) is 9.42. The zero-order valence-corrected chi connectivity index (χ0v) is 9.42. The van der Waals surface area contributed by atoms with E-state index in [-0.39, 0.29) is 11.7 Å². The van der Waals surface area contributed by atoms with Crippen LogP contribution in [0.4, 0.5) is 0 Å². The molecule has 8 nitrogen and oxygen atoms in total. The molecular weight excluding hydrogens is 224 g/mol. The summed E-state index contributed by atoms with van der Waals surface area (Å²) in [5, 5.41) is 18.0. The highest BCUT2D eigenvalue weighted by molar-refractivity contribution is 6.09. The van der Waals surface area contributed by atoms with Crippen molar-refractivity contribution in [3.63, 3.8) is 0 Å². The second-order valence-electron chi connectivity index (χ2n) is 4.16. The second-order valence-corrected chi connectivity index (χ2v) is 4.16. The number of carbonyl (C=O) groups is 1. The molecule has 17 heavy (non-hydrogen) atoms. The highest BCUT2D eigenvalue weighted by Gasteiger charge is 2.55. The molecule has 1 aromatic rings. The fraction of sp³-hybridized carbons (Fsp3) is 0.556. The van der Waals surface area contributed by atoms with E-state index in [0.29, 0.717) is 25.2 Å². The van der Waals surface area contributed by atoms with Crippen LogP contribution >= 0.6 is 0 Å². The van der Waals surface area contributed by atoms with Crippen molar-refractivity contribution in [2.24, 2.45) is 16.3 Å². The van der Waals surface area contributed by atoms with E-state index in [1.54, 1.807) is 7.05 Å². The van der Waals surface area contributed by atoms with Crippen molar-refractivity contribution in [3.05, 3.63) is 12.2 Å². The van der Waals surface area contributed by atoms with Crippen LogP contribution in [0, 0.1) is 5.41 Å². The number of H-pyrrole nitrogens is 1. The number of hydrogen-bond acceptors (Lipinski definition) is 5. The average molecular weight is 238 g/mol. The van der Waals surface area contributed by atoms with E-state index in [1.165, 1.54) is 11.2 Å². The minimum Gasteiger partial charge on any atom is -0.409 e. The number of hydrogen-bond donors (Lipinski definition) is 3. The van der Waals surface area contributed by atoms with E-state index in [0.717, 1.165) is 0 Å². The molecule has 8 heteroatoms. The summed E-state index contributed by atoms with van der Waals surface area (Å²) in [6, 6.07) is 0. The standard InChI is InChI=1S/C9H14N6O2/c1-15(4-6-11-5-12-13-6)8(16)9(2-3-9)7(10)14-17/h5,17H,2-4H2,1H3,(H2,10,14)(H,11,12,13). The van der Waals surface area contributed by atoms with Gasteiger partial charge in [-0.05, 0) is 12.8 Å². The van der Waals surface area contributed by atoms with Gasteiger partial charge in [0.25, 0.3) is 0 Å². The van der Waals surface area contributed by atoms with Gasteiger partial charge in [0, 0.05) is 7.05 Å². The van der Waals surface area contributed by atoms with Crippen molar-refractivity contribution in [1.82, 2.24) is 20.1 Å². The molecule has 0 atom stereocenters. The number of amidine groups is 1. The lowest BCUT2D eigenvalue weighted by molar-refractivity contribution is -0.133. The second kappa shape index (κ2) is 4.04. The maximum Gasteiger partial charge on any atom is 0.236 e. The molecule has 1 aromatic heterocycles. The van der Waals surface area contributed by atoms with Crippen molar-refractivity contribution in [2.45, 2.75) is 19.4 Å². The first-order valence-corrected chi connectivity index (χ1v) is 5.18. The van der Waals surface area contributed by atoms with Gasteiger partial charge in [0.2, 0.25) is 5.91 Å². The Morgan fingerprint density at radius 3 is 2.94 bits per heavy atom. The SMILES string of the molecule is CN(Cc1ncn[nH]1)C(=O)C1(C(N)=NO)CC1. The van der Waals surface area contributed by atoms with Gasteiger partial charge in [-0.25, -0.2) is 4.98 Å². The highest BCUT2D eigenvalue weighted by Crippen LogP contribution is 2.47. The number of aromatic nitrogens is 3. The van der Waals surface area contributed by atoms with Gasteiger partial charge in [0.1, 0.15) is 17.6 Å². The highest BCUT2D eigenvalue weighted by atomic mass is 16.4. The quantitative estimate of drug-likeness (QED) is 0.277. The molecule has 1 aliphatic carbocycles. The maximum absolute atomic E-state index is 12.1. The third-order valence-electron chi connectivity index (χ3n) is 2.96. The van der Waals surface area contributed by atoms with Crippen LogP contribution in [0.15, 0.2) is 11.5 Å². The molecule has 0 bridgehead atoms. The van der Waals surface area contributed by atoms with Gasteiger partial charge in [-0.1, -0.05) is 5.16 Å². The fourth-order valence-electron chi connectivity index (χ4n) is 1.77. The number of amides is 1. The monoisotopic (exact) mass is 238 g/mol. The summed E-state index contributed by atoms with van der Waals surface area (Å²) in [5.74, 6) is 0.410. The smallest absolute Gasteiger partial charge is 0.236 e. The molecule has 1 saturated carbocycles. The van der Waals surface area contributed by atoms with Crippen LogP contribution in [0.25, 0.3) is 0 Å². The van der Waals surface area contributed by atoms with Crippen LogP contribution < -0.4 is 5.73 Å². The average Bonchev–Trinajstić information content (AvgIpc) is 2.99. The van der Waals surface area contributed by atoms with Gasteiger partial charge in [-0.15, -0.1) is 0 Å². The Kier molecular flexibility index (Phi) is 2.70. The molecule has 1 fully saturated rings. The normalized spacial score (nSPS) is 17.8. The summed E-state index contributed by atoms with van der Waals surface area (Å²) in [5.41, 5.74) is 4.73. The van der Waals surface area contributed by atoms with Gasteiger partial charge in [0.05, 0.1) is 6.54 Å². The Balaban J connectivity index is 2.05. The summed E-state index contributed by atoms with van der Waals surface area (Å²) in [6.07, 6.45) is 2.61. The number of oxime groups is 1. The van der Waals surface area contributed by atoms with Crippen molar-refractivity contribution >= 4 is 11.7 Å². The van der Waals surface area contributed by atoms with E-state index in [1.807, 2.05) is 0 Å². The van der Waals surface area contributed by atoms with Crippen molar-refractivity contribution in [2.75, 3.05) is 7.05 Å². The number of aromatic amines is 1. The Labute approximate surface area is 97.5 Å². The molecule has 4 N–H and O–H groups in total. The van der Waals surface area contributed by atoms with Crippen molar-refractivity contribution in [3.8, 4) is 0 Å². The third-order valence-corrected chi connectivity index (χ3v) is 2.96. The molecule has 0 aromatic carbocycles. The lowest BCUT2D eigenvalue weighted by Gasteiger charge is -2.21. The van der Waals surface area contributed by atoms with E-state index >= 15 is 0 Å². The van der Waals surface area contributed by atoms with Crippen LogP contribution in [0.2, 0.25) is 0 Å². The summed E-state index contributed by atoms with van der Waals surface area (Å²) < 4.78 is 0. The molecule has 0 spiro atoms. The summed E-state index contributed by atoms with van der Waals surface area (Å²) in [7, 11) is 1.65. The summed E-state index contributed by atoms with van der Waals surface area (Å²) in [6.45, 7) is 0.319. The zero-order chi connectivity index (χ0) is 12.5. The molecule has 0 radical (unpaired) electrons. The molecule has 1 aliphatic rings. The lowest BCUT2D eigenvalue weighted by Crippen LogP contribution is -2.41. The van der Waals surface area contributed by atoms with Gasteiger partial charge >= 0.3 is 0 Å². The van der Waals surface area contributed by atoms with E-state index in [2.05, 4.69) is 20.3 Å². The first-order valence-electron chi connectivity index (χ1n) is 5.18. The molecule has 1 heterocycles. The van der Waals surface area contributed by atoms with Crippen molar-refractivity contribution < 1.29 is 10.0 Å². The molecule has 2 rings (SSSR count). The first-order chi connectivity index (χ1) is 8.10. The van der Waals surface area contributed by atoms with Gasteiger partial charge < -0.3 is 15.8 Å². The van der Waals surface area contributed by atoms with Crippen LogP contribution in [0.3, 0.4) is 0 Å². The van der Waals surface area contributed by atoms with E-state index < -0.39 is 5.41 Å². The maximum atomic E-state index is 12.1. The fourth-order valence-corrected chi connectivity index (χ4v) is 1.77. The predicted molar refractivity (Wildman–Crippen MR) is 57.9 cm³/mol. The number of rotatable bonds is 4. The molecule has 92 valence electrons. The van der Waals surface area contributed by atoms with Crippen LogP contribution in [0.5, 0.6) is 0 Å². The predicted octanol–water partition coefficient (Wildman–Crippen LogP) is -0.710. The number of nitrogens with two attached hydrogens (primary N) is 1. The number of carbonyl (C=O) groups excluding carboxylic acids is 1. The minimum absolute atomic E-state index is 0.0214. The van der Waals surface area contributed by atoms with Crippen LogP contribution in [-0.2, 0) is 11.3 Å². The summed E-state index contributed by atoms with van der Waals surface area (Å²) >= 11 is 0. The van der Waals surface area contributed by atoms with Gasteiger partial charge in [-0.2, -0.15) is 5.10 Å². The first kappa shape index (κ1) is 11.4. The van der Waals surface area contributed by atoms with E-state index in [4.69, 9.17) is 10.9 Å². The number of nitrogens with zero attached hydrogens (tertiary/aromatic N) is 4. The Morgan fingerprint density at radius 2 is 2.47 bits per heavy atom. The third kappa shape index (κ3) is 1.93. The van der Waals surface area contributed by atoms with Gasteiger partial charge in [0.15, 0.2) is 5.84 Å². The Morgan fingerprint density at radius 1 is 1.76 bits per heavy atom. The molecular formula is C9H14N6O2. The minimum atomic E-state index is -0.816. The molecule has 0 aliphatic heterocycles. The van der Waals surface area contributed by atoms with Crippen molar-refractivity contribution in [1.29, 1.82) is 0 Å². The Bertz CT molecular complexity index is 436. The van der Waals surface area contributed by atoms with Gasteiger partial charge in [-0.3, -0.25) is 9.89 Å². The largest absolute Gasteiger partial charge is 0.409 e. The lowest BCUT2D eigenvalue weighted by atomic mass is 10.0. The summed E-state index contributed by atoms with van der Waals surface area (Å²) in [4.78, 5) is 17.6.